The molecule has 4 heterocycles. The fraction of sp³-hybridized carbons (Fsp3) is 0.286. The minimum absolute atomic E-state index is 0.0327. The normalized spacial score (nSPS) is 23.3. The summed E-state index contributed by atoms with van der Waals surface area (Å²) in [6, 6.07) is 7.66. The van der Waals surface area contributed by atoms with E-state index >= 15 is 0 Å². The summed E-state index contributed by atoms with van der Waals surface area (Å²) in [6.45, 7) is 4.68. The second kappa shape index (κ2) is 5.67. The van der Waals surface area contributed by atoms with Gasteiger partial charge in [-0.15, -0.1) is 0 Å². The SMILES string of the molecule is CCOc1c2c(nc3ccccc13)C1=CC3=CC(=O)O[C@@H](C)[C@@H]3CN1C2=O. The van der Waals surface area contributed by atoms with E-state index < -0.39 is 0 Å². The number of carbonyl (C=O) groups is 2. The van der Waals surface area contributed by atoms with Gasteiger partial charge in [0.1, 0.15) is 23.1 Å². The molecule has 0 bridgehead atoms. The number of hydrogen-bond donors (Lipinski definition) is 0. The number of ether oxygens (including phenoxy) is 2. The minimum Gasteiger partial charge on any atom is -0.492 e. The Morgan fingerprint density at radius 3 is 2.89 bits per heavy atom. The number of pyridine rings is 1. The Bertz CT molecular complexity index is 1070. The molecule has 0 saturated carbocycles. The summed E-state index contributed by atoms with van der Waals surface area (Å²) in [5, 5.41) is 0.829. The summed E-state index contributed by atoms with van der Waals surface area (Å²) >= 11 is 0. The van der Waals surface area contributed by atoms with Crippen LogP contribution >= 0.6 is 0 Å². The smallest absolute Gasteiger partial charge is 0.331 e. The van der Waals surface area contributed by atoms with E-state index in [4.69, 9.17) is 14.5 Å². The van der Waals surface area contributed by atoms with Crippen LogP contribution in [0.5, 0.6) is 5.75 Å². The number of cyclic esters (lactones) is 1. The highest BCUT2D eigenvalue weighted by molar-refractivity contribution is 6.14. The Labute approximate surface area is 156 Å². The largest absolute Gasteiger partial charge is 0.492 e. The van der Waals surface area contributed by atoms with Crippen molar-refractivity contribution < 1.29 is 19.1 Å². The third kappa shape index (κ3) is 2.22. The summed E-state index contributed by atoms with van der Waals surface area (Å²) in [4.78, 5) is 31.5. The lowest BCUT2D eigenvalue weighted by Crippen LogP contribution is -2.41. The maximum atomic E-state index is 13.3. The molecule has 6 nitrogen and oxygen atoms in total. The lowest BCUT2D eigenvalue weighted by molar-refractivity contribution is -0.145. The molecule has 0 fully saturated rings. The van der Waals surface area contributed by atoms with Crippen LogP contribution in [0.1, 0.15) is 29.9 Å². The lowest BCUT2D eigenvalue weighted by atomic mass is 9.87. The molecule has 0 spiro atoms. The number of carbonyl (C=O) groups excluding carboxylic acids is 2. The Balaban J connectivity index is 1.76. The van der Waals surface area contributed by atoms with Gasteiger partial charge >= 0.3 is 5.97 Å². The predicted molar refractivity (Wildman–Crippen MR) is 99.1 cm³/mol. The number of amides is 1. The summed E-state index contributed by atoms with van der Waals surface area (Å²) in [5.41, 5.74) is 3.52. The fourth-order valence-electron chi connectivity index (χ4n) is 4.13. The van der Waals surface area contributed by atoms with Crippen molar-refractivity contribution in [3.8, 4) is 5.75 Å². The summed E-state index contributed by atoms with van der Waals surface area (Å²) in [5.74, 6) is 0.0941. The van der Waals surface area contributed by atoms with Crippen molar-refractivity contribution in [2.45, 2.75) is 20.0 Å². The van der Waals surface area contributed by atoms with Crippen LogP contribution in [0.3, 0.4) is 0 Å². The third-order valence-corrected chi connectivity index (χ3v) is 5.39. The first kappa shape index (κ1) is 16.1. The van der Waals surface area contributed by atoms with Gasteiger partial charge in [-0.25, -0.2) is 9.78 Å². The maximum Gasteiger partial charge on any atom is 0.331 e. The van der Waals surface area contributed by atoms with Crippen molar-refractivity contribution in [3.05, 3.63) is 53.2 Å². The molecule has 2 atom stereocenters. The number of allylic oxidation sites excluding steroid dienone is 1. The summed E-state index contributed by atoms with van der Waals surface area (Å²) in [7, 11) is 0. The highest BCUT2D eigenvalue weighted by Crippen LogP contribution is 2.45. The van der Waals surface area contributed by atoms with Gasteiger partial charge in [0.05, 0.1) is 17.8 Å². The first-order valence-electron chi connectivity index (χ1n) is 9.10. The standard InChI is InChI=1S/C21H18N2O4/c1-3-26-20-13-6-4-5-7-15(13)22-19-16-8-12-9-17(24)27-11(2)14(12)10-23(16)21(25)18(19)20/h4-9,11,14H,3,10H2,1-2H3/t11-,14-/m0/s1. The van der Waals surface area contributed by atoms with E-state index in [1.807, 2.05) is 44.2 Å². The van der Waals surface area contributed by atoms with E-state index in [-0.39, 0.29) is 23.9 Å². The zero-order valence-electron chi connectivity index (χ0n) is 15.1. The lowest BCUT2D eigenvalue weighted by Gasteiger charge is -2.36. The van der Waals surface area contributed by atoms with Crippen LogP contribution in [0.15, 0.2) is 42.0 Å². The fourth-order valence-corrected chi connectivity index (χ4v) is 4.13. The Morgan fingerprint density at radius 2 is 2.07 bits per heavy atom. The number of benzene rings is 1. The van der Waals surface area contributed by atoms with Crippen LogP contribution < -0.4 is 4.74 Å². The van der Waals surface area contributed by atoms with Crippen molar-refractivity contribution in [2.75, 3.05) is 13.2 Å². The zero-order chi connectivity index (χ0) is 18.7. The van der Waals surface area contributed by atoms with Gasteiger partial charge in [0.2, 0.25) is 0 Å². The first-order valence-corrected chi connectivity index (χ1v) is 9.10. The molecule has 0 aliphatic carbocycles. The van der Waals surface area contributed by atoms with Gasteiger partial charge in [-0.1, -0.05) is 12.1 Å². The van der Waals surface area contributed by atoms with Crippen molar-refractivity contribution >= 4 is 28.5 Å². The molecule has 3 aliphatic rings. The molecule has 3 aliphatic heterocycles. The number of hydrogen-bond acceptors (Lipinski definition) is 5. The molecular formula is C21H18N2O4. The van der Waals surface area contributed by atoms with E-state index in [1.54, 1.807) is 4.90 Å². The molecule has 1 amide bonds. The van der Waals surface area contributed by atoms with E-state index in [0.717, 1.165) is 22.2 Å². The molecule has 5 rings (SSSR count). The summed E-state index contributed by atoms with van der Waals surface area (Å²) < 4.78 is 11.2. The predicted octanol–water partition coefficient (Wildman–Crippen LogP) is 2.93. The Kier molecular flexibility index (Phi) is 3.37. The molecule has 2 aromatic rings. The van der Waals surface area contributed by atoms with Crippen LogP contribution in [-0.2, 0) is 9.53 Å². The highest BCUT2D eigenvalue weighted by Gasteiger charge is 2.44. The van der Waals surface area contributed by atoms with Crippen molar-refractivity contribution in [2.24, 2.45) is 5.92 Å². The molecule has 27 heavy (non-hydrogen) atoms. The third-order valence-electron chi connectivity index (χ3n) is 5.39. The number of aromatic nitrogens is 1. The average molecular weight is 362 g/mol. The molecule has 6 heteroatoms. The molecule has 0 N–H and O–H groups in total. The van der Waals surface area contributed by atoms with Gasteiger partial charge in [0.25, 0.3) is 5.91 Å². The van der Waals surface area contributed by atoms with E-state index in [2.05, 4.69) is 0 Å². The molecule has 1 aromatic carbocycles. The quantitative estimate of drug-likeness (QED) is 0.769. The number of esters is 1. The van der Waals surface area contributed by atoms with Crippen LogP contribution in [0.2, 0.25) is 0 Å². The number of nitrogens with zero attached hydrogens (tertiary/aromatic N) is 2. The molecular weight excluding hydrogens is 344 g/mol. The van der Waals surface area contributed by atoms with Gasteiger partial charge in [-0.2, -0.15) is 0 Å². The van der Waals surface area contributed by atoms with Gasteiger partial charge in [-0.3, -0.25) is 4.79 Å². The zero-order valence-corrected chi connectivity index (χ0v) is 15.1. The maximum absolute atomic E-state index is 13.3. The second-order valence-corrected chi connectivity index (χ2v) is 6.95. The second-order valence-electron chi connectivity index (χ2n) is 6.95. The van der Waals surface area contributed by atoms with E-state index in [9.17, 15) is 9.59 Å². The van der Waals surface area contributed by atoms with Gasteiger partial charge < -0.3 is 14.4 Å². The van der Waals surface area contributed by atoms with Gasteiger partial charge in [0, 0.05) is 23.9 Å². The molecule has 136 valence electrons. The number of rotatable bonds is 2. The molecule has 0 radical (unpaired) electrons. The molecule has 0 saturated heterocycles. The van der Waals surface area contributed by atoms with E-state index in [1.165, 1.54) is 6.08 Å². The summed E-state index contributed by atoms with van der Waals surface area (Å²) in [6.07, 6.45) is 3.14. The van der Waals surface area contributed by atoms with Crippen LogP contribution in [0.25, 0.3) is 16.6 Å². The van der Waals surface area contributed by atoms with Crippen LogP contribution in [-0.4, -0.2) is 41.0 Å². The molecule has 0 unspecified atom stereocenters. The Hall–Kier alpha value is -3.15. The number of para-hydroxylation sites is 1. The van der Waals surface area contributed by atoms with Crippen molar-refractivity contribution in [1.29, 1.82) is 0 Å². The van der Waals surface area contributed by atoms with Crippen LogP contribution in [0.4, 0.5) is 0 Å². The highest BCUT2D eigenvalue weighted by atomic mass is 16.5. The van der Waals surface area contributed by atoms with Crippen LogP contribution in [0, 0.1) is 5.92 Å². The van der Waals surface area contributed by atoms with Gasteiger partial charge in [-0.05, 0) is 37.6 Å². The Morgan fingerprint density at radius 1 is 1.26 bits per heavy atom. The monoisotopic (exact) mass is 362 g/mol. The topological polar surface area (TPSA) is 68.7 Å². The van der Waals surface area contributed by atoms with Crippen molar-refractivity contribution in [1.82, 2.24) is 9.88 Å². The van der Waals surface area contributed by atoms with Gasteiger partial charge in [0.15, 0.2) is 0 Å². The average Bonchev–Trinajstić information content (AvgIpc) is 2.92. The minimum atomic E-state index is -0.343. The first-order chi connectivity index (χ1) is 13.1. The van der Waals surface area contributed by atoms with E-state index in [0.29, 0.717) is 30.2 Å². The molecule has 1 aromatic heterocycles. The number of fused-ring (bicyclic) bond motifs is 5. The van der Waals surface area contributed by atoms with Crippen molar-refractivity contribution in [3.63, 3.8) is 0 Å².